The first-order chi connectivity index (χ1) is 16.9. The molecule has 194 valence electrons. The third-order valence-corrected chi connectivity index (χ3v) is 10.2. The summed E-state index contributed by atoms with van der Waals surface area (Å²) in [6, 6.07) is 9.78. The van der Waals surface area contributed by atoms with Gasteiger partial charge < -0.3 is 15.1 Å². The van der Waals surface area contributed by atoms with E-state index in [2.05, 4.69) is 0 Å². The molecule has 0 aromatic heterocycles. The first kappa shape index (κ1) is 25.3. The Morgan fingerprint density at radius 1 is 1.19 bits per heavy atom. The number of benzene rings is 1. The largest absolute Gasteiger partial charge is 0.481 e. The summed E-state index contributed by atoms with van der Waals surface area (Å²) in [5, 5.41) is 22.1. The lowest BCUT2D eigenvalue weighted by molar-refractivity contribution is -0.216. The number of ketones is 1. The Kier molecular flexibility index (Phi) is 5.84. The summed E-state index contributed by atoms with van der Waals surface area (Å²) < 4.78 is 32.8. The van der Waals surface area contributed by atoms with Gasteiger partial charge in [-0.05, 0) is 74.3 Å². The average Bonchev–Trinajstić information content (AvgIpc) is 3.10. The monoisotopic (exact) mass is 499 g/mol. The van der Waals surface area contributed by atoms with Crippen molar-refractivity contribution in [2.75, 3.05) is 13.6 Å². The summed E-state index contributed by atoms with van der Waals surface area (Å²) in [5.74, 6) is -2.60. The number of carbonyl (C=O) groups is 2. The predicted molar refractivity (Wildman–Crippen MR) is 131 cm³/mol. The summed E-state index contributed by atoms with van der Waals surface area (Å²) in [6.45, 7) is 4.24. The van der Waals surface area contributed by atoms with Gasteiger partial charge in [0.05, 0.1) is 11.5 Å². The first-order valence-electron chi connectivity index (χ1n) is 12.8. The van der Waals surface area contributed by atoms with Gasteiger partial charge in [0.25, 0.3) is 0 Å². The quantitative estimate of drug-likeness (QED) is 0.624. The molecule has 4 aliphatic carbocycles. The molecule has 1 aromatic carbocycles. The summed E-state index contributed by atoms with van der Waals surface area (Å²) in [4.78, 5) is 27.0. The van der Waals surface area contributed by atoms with Gasteiger partial charge in [-0.3, -0.25) is 9.59 Å². The molecule has 8 unspecified atom stereocenters. The van der Waals surface area contributed by atoms with E-state index < -0.39 is 52.0 Å². The zero-order valence-corrected chi connectivity index (χ0v) is 21.1. The van der Waals surface area contributed by atoms with E-state index in [4.69, 9.17) is 0 Å². The molecule has 5 nitrogen and oxygen atoms in total. The number of halogens is 2. The summed E-state index contributed by atoms with van der Waals surface area (Å²) in [7, 11) is 1.88. The highest BCUT2D eigenvalue weighted by Crippen LogP contribution is 2.72. The van der Waals surface area contributed by atoms with Crippen LogP contribution in [0, 0.1) is 28.1 Å². The second-order valence-corrected chi connectivity index (χ2v) is 11.9. The molecule has 2 N–H and O–H groups in total. The van der Waals surface area contributed by atoms with Crippen LogP contribution >= 0.6 is 0 Å². The number of hydrogen-bond donors (Lipinski definition) is 2. The van der Waals surface area contributed by atoms with Gasteiger partial charge in [0.15, 0.2) is 11.5 Å². The maximum atomic E-state index is 17.3. The molecule has 0 saturated heterocycles. The van der Waals surface area contributed by atoms with Gasteiger partial charge in [0.2, 0.25) is 0 Å². The van der Waals surface area contributed by atoms with Crippen molar-refractivity contribution in [1.29, 1.82) is 0 Å². The molecule has 0 bridgehead atoms. The van der Waals surface area contributed by atoms with E-state index in [9.17, 15) is 19.8 Å². The Hall–Kier alpha value is -2.38. The van der Waals surface area contributed by atoms with Crippen molar-refractivity contribution in [3.8, 4) is 0 Å². The molecule has 0 heterocycles. The first-order valence-corrected chi connectivity index (χ1v) is 12.8. The van der Waals surface area contributed by atoms with E-state index in [1.807, 2.05) is 49.2 Å². The van der Waals surface area contributed by atoms with Gasteiger partial charge in [-0.2, -0.15) is 0 Å². The number of aliphatic hydroxyl groups is 1. The smallest absolute Gasteiger partial charge is 0.311 e. The number of carboxylic acid groups (broad SMARTS) is 1. The highest BCUT2D eigenvalue weighted by molar-refractivity contribution is 6.01. The molecule has 8 atom stereocenters. The van der Waals surface area contributed by atoms with Crippen LogP contribution in [0.25, 0.3) is 0 Å². The lowest BCUT2D eigenvalue weighted by Crippen LogP contribution is -2.69. The van der Waals surface area contributed by atoms with Crippen LogP contribution in [0.3, 0.4) is 0 Å². The maximum absolute atomic E-state index is 17.3. The van der Waals surface area contributed by atoms with Crippen LogP contribution in [0.4, 0.5) is 8.78 Å². The fourth-order valence-electron chi connectivity index (χ4n) is 8.41. The second-order valence-electron chi connectivity index (χ2n) is 11.9. The molecule has 0 spiro atoms. The number of carboxylic acids is 1. The number of aliphatic carboxylic acids is 1. The summed E-state index contributed by atoms with van der Waals surface area (Å²) in [6.07, 6.45) is 1.45. The van der Waals surface area contributed by atoms with Crippen molar-refractivity contribution >= 4 is 11.8 Å². The minimum atomic E-state index is -2.19. The van der Waals surface area contributed by atoms with Crippen LogP contribution < -0.4 is 0 Å². The number of fused-ring (bicyclic) bond motifs is 5. The normalized spacial score (nSPS) is 43.5. The molecule has 0 radical (unpaired) electrons. The van der Waals surface area contributed by atoms with Crippen molar-refractivity contribution in [3.05, 3.63) is 59.7 Å². The Labute approximate surface area is 210 Å². The van der Waals surface area contributed by atoms with Gasteiger partial charge in [0, 0.05) is 24.4 Å². The summed E-state index contributed by atoms with van der Waals surface area (Å²) in [5.41, 5.74) is -4.62. The van der Waals surface area contributed by atoms with Crippen LogP contribution in [0.5, 0.6) is 0 Å². The molecule has 7 heteroatoms. The Morgan fingerprint density at radius 2 is 1.89 bits per heavy atom. The molecule has 1 aromatic rings. The highest BCUT2D eigenvalue weighted by Gasteiger charge is 2.75. The molecule has 4 aliphatic rings. The number of rotatable bonds is 5. The Bertz CT molecular complexity index is 1140. The third kappa shape index (κ3) is 3.24. The molecule has 3 fully saturated rings. The van der Waals surface area contributed by atoms with Crippen molar-refractivity contribution in [2.45, 2.75) is 64.0 Å². The van der Waals surface area contributed by atoms with Crippen LogP contribution in [-0.2, 0) is 16.1 Å². The zero-order chi connectivity index (χ0) is 26.1. The van der Waals surface area contributed by atoms with Crippen LogP contribution in [0.2, 0.25) is 0 Å². The fourth-order valence-corrected chi connectivity index (χ4v) is 8.41. The zero-order valence-electron chi connectivity index (χ0n) is 21.1. The number of nitrogens with zero attached hydrogens (tertiary/aromatic N) is 1. The van der Waals surface area contributed by atoms with E-state index in [0.717, 1.165) is 5.56 Å². The minimum absolute atomic E-state index is 0.0300. The van der Waals surface area contributed by atoms with Crippen molar-refractivity contribution in [3.63, 3.8) is 0 Å². The summed E-state index contributed by atoms with van der Waals surface area (Å²) >= 11 is 0. The van der Waals surface area contributed by atoms with E-state index in [1.54, 1.807) is 6.92 Å². The van der Waals surface area contributed by atoms with Crippen LogP contribution in [-0.4, -0.2) is 58.4 Å². The maximum Gasteiger partial charge on any atom is 0.311 e. The average molecular weight is 500 g/mol. The predicted octanol–water partition coefficient (Wildman–Crippen LogP) is 4.51. The SMILES string of the molecule is CN(Cc1ccccc1)CC1(C(=O)O)CCC2C3CC(F)C4=CC(=O)C=CC4(C)C3(F)C(O)CC21C. The standard InChI is InChI=1S/C29H35F2NO4/c1-26-11-9-19(33)13-22(26)23(30)14-21-20-10-12-28(25(35)36,27(20,2)15-24(34)29(21,26)31)17-32(3)16-18-7-5-4-6-8-18/h4-9,11,13,20-21,23-24,34H,10,12,14-17H2,1-3H3,(H,35,36). The van der Waals surface area contributed by atoms with E-state index in [-0.39, 0.29) is 30.7 Å². The molecule has 5 rings (SSSR count). The Morgan fingerprint density at radius 3 is 2.56 bits per heavy atom. The second kappa shape index (κ2) is 8.32. The number of alkyl halides is 2. The molecule has 0 amide bonds. The van der Waals surface area contributed by atoms with E-state index >= 15 is 8.78 Å². The number of aliphatic hydroxyl groups excluding tert-OH is 1. The number of hydrogen-bond acceptors (Lipinski definition) is 4. The lowest BCUT2D eigenvalue weighted by atomic mass is 9.43. The number of carbonyl (C=O) groups excluding carboxylic acids is 1. The van der Waals surface area contributed by atoms with E-state index in [0.29, 0.717) is 19.4 Å². The van der Waals surface area contributed by atoms with E-state index in [1.165, 1.54) is 18.2 Å². The molecular formula is C29H35F2NO4. The molecule has 0 aliphatic heterocycles. The van der Waals surface area contributed by atoms with Gasteiger partial charge in [-0.25, -0.2) is 8.78 Å². The van der Waals surface area contributed by atoms with Crippen molar-refractivity contribution in [1.82, 2.24) is 4.90 Å². The third-order valence-electron chi connectivity index (χ3n) is 10.2. The molecule has 36 heavy (non-hydrogen) atoms. The van der Waals surface area contributed by atoms with Gasteiger partial charge >= 0.3 is 5.97 Å². The van der Waals surface area contributed by atoms with Crippen molar-refractivity contribution in [2.24, 2.45) is 28.1 Å². The fraction of sp³-hybridized carbons (Fsp3) is 0.586. The van der Waals surface area contributed by atoms with Gasteiger partial charge in [-0.15, -0.1) is 0 Å². The minimum Gasteiger partial charge on any atom is -0.481 e. The molecular weight excluding hydrogens is 464 g/mol. The van der Waals surface area contributed by atoms with Crippen LogP contribution in [0.15, 0.2) is 54.1 Å². The Balaban J connectivity index is 1.52. The van der Waals surface area contributed by atoms with Crippen LogP contribution in [0.1, 0.15) is 45.1 Å². The topological polar surface area (TPSA) is 77.8 Å². The van der Waals surface area contributed by atoms with Gasteiger partial charge in [-0.1, -0.05) is 43.3 Å². The van der Waals surface area contributed by atoms with Gasteiger partial charge in [0.1, 0.15) is 6.17 Å². The van der Waals surface area contributed by atoms with Crippen molar-refractivity contribution < 1.29 is 28.6 Å². The number of allylic oxidation sites excluding steroid dienone is 4. The lowest BCUT2D eigenvalue weighted by Gasteiger charge is -2.63. The molecule has 3 saturated carbocycles. The highest BCUT2D eigenvalue weighted by atomic mass is 19.1.